The zero-order valence-electron chi connectivity index (χ0n) is 17.0. The smallest absolute Gasteiger partial charge is 0.155 e. The molecule has 1 atom stereocenters. The Morgan fingerprint density at radius 2 is 1.87 bits per heavy atom. The van der Waals surface area contributed by atoms with Crippen LogP contribution in [0.2, 0.25) is 0 Å². The number of fused-ring (bicyclic) bond motifs is 1. The Balaban J connectivity index is 0.00000218. The zero-order valence-corrected chi connectivity index (χ0v) is 18.0. The van der Waals surface area contributed by atoms with E-state index < -0.39 is 0 Å². The standard InChI is InChI=1S/C22H26N6O.H2S/c1-2-17(15-23-7-1)26-22-21-20(24-8-9-25-21)14-19(27-22)16-3-5-18(6-4-16)28-10-12-29-13-11-28;/h3-6,8-9,14,17,23H,1-2,7,10-13,15H2,(H,26,27);1H2/t17-;/m0./s1. The summed E-state index contributed by atoms with van der Waals surface area (Å²) in [7, 11) is 0. The normalized spacial score (nSPS) is 19.3. The fourth-order valence-electron chi connectivity index (χ4n) is 4.05. The first kappa shape index (κ1) is 20.8. The molecular weight excluding hydrogens is 396 g/mol. The highest BCUT2D eigenvalue weighted by Gasteiger charge is 2.17. The van der Waals surface area contributed by atoms with Crippen molar-refractivity contribution >= 4 is 36.0 Å². The van der Waals surface area contributed by atoms with Crippen LogP contribution in [0.4, 0.5) is 11.5 Å². The molecule has 4 heterocycles. The van der Waals surface area contributed by atoms with Crippen molar-refractivity contribution < 1.29 is 4.74 Å². The summed E-state index contributed by atoms with van der Waals surface area (Å²) in [5, 5.41) is 7.05. The number of morpholine rings is 1. The van der Waals surface area contributed by atoms with Crippen LogP contribution >= 0.6 is 13.5 Å². The van der Waals surface area contributed by atoms with Crippen molar-refractivity contribution in [3.8, 4) is 11.3 Å². The fraction of sp³-hybridized carbons (Fsp3) is 0.409. The van der Waals surface area contributed by atoms with Gasteiger partial charge in [-0.25, -0.2) is 9.97 Å². The Morgan fingerprint density at radius 1 is 1.07 bits per heavy atom. The molecule has 8 heteroatoms. The number of anilines is 2. The van der Waals surface area contributed by atoms with Crippen LogP contribution in [-0.4, -0.2) is 60.4 Å². The lowest BCUT2D eigenvalue weighted by molar-refractivity contribution is 0.122. The monoisotopic (exact) mass is 424 g/mol. The first-order valence-electron chi connectivity index (χ1n) is 10.4. The summed E-state index contributed by atoms with van der Waals surface area (Å²) in [5.74, 6) is 0.816. The number of nitrogens with one attached hydrogen (secondary N) is 2. The second kappa shape index (κ2) is 9.59. The summed E-state index contributed by atoms with van der Waals surface area (Å²) in [5.41, 5.74) is 4.91. The Morgan fingerprint density at radius 3 is 2.63 bits per heavy atom. The van der Waals surface area contributed by atoms with Crippen LogP contribution in [0, 0.1) is 0 Å². The maximum atomic E-state index is 5.45. The van der Waals surface area contributed by atoms with Crippen LogP contribution in [0.5, 0.6) is 0 Å². The lowest BCUT2D eigenvalue weighted by atomic mass is 10.1. The van der Waals surface area contributed by atoms with Crippen LogP contribution in [0.25, 0.3) is 22.3 Å². The van der Waals surface area contributed by atoms with E-state index in [0.29, 0.717) is 6.04 Å². The van der Waals surface area contributed by atoms with E-state index in [0.717, 1.165) is 73.9 Å². The minimum Gasteiger partial charge on any atom is -0.378 e. The molecule has 2 saturated heterocycles. The molecule has 3 aromatic rings. The molecule has 0 spiro atoms. The molecule has 5 rings (SSSR count). The second-order valence-corrected chi connectivity index (χ2v) is 7.61. The van der Waals surface area contributed by atoms with Gasteiger partial charge in [-0.15, -0.1) is 0 Å². The highest BCUT2D eigenvalue weighted by atomic mass is 32.1. The molecule has 0 saturated carbocycles. The minimum absolute atomic E-state index is 0. The average Bonchev–Trinajstić information content (AvgIpc) is 2.80. The quantitative estimate of drug-likeness (QED) is 0.667. The fourth-order valence-corrected chi connectivity index (χ4v) is 4.05. The summed E-state index contributed by atoms with van der Waals surface area (Å²) in [6.07, 6.45) is 5.77. The van der Waals surface area contributed by atoms with Crippen molar-refractivity contribution in [2.45, 2.75) is 18.9 Å². The molecule has 0 unspecified atom stereocenters. The molecule has 0 radical (unpaired) electrons. The van der Waals surface area contributed by atoms with Crippen molar-refractivity contribution in [1.29, 1.82) is 0 Å². The first-order valence-corrected chi connectivity index (χ1v) is 10.4. The Kier molecular flexibility index (Phi) is 6.66. The number of hydrogen-bond donors (Lipinski definition) is 2. The molecule has 2 N–H and O–H groups in total. The molecule has 2 aliphatic rings. The van der Waals surface area contributed by atoms with E-state index in [4.69, 9.17) is 9.72 Å². The van der Waals surface area contributed by atoms with Gasteiger partial charge >= 0.3 is 0 Å². The number of rotatable bonds is 4. The summed E-state index contributed by atoms with van der Waals surface area (Å²) < 4.78 is 5.45. The Bertz CT molecular complexity index is 971. The van der Waals surface area contributed by atoms with E-state index in [1.807, 2.05) is 6.07 Å². The number of nitrogens with zero attached hydrogens (tertiary/aromatic N) is 4. The van der Waals surface area contributed by atoms with E-state index in [2.05, 4.69) is 49.8 Å². The number of ether oxygens (including phenoxy) is 1. The van der Waals surface area contributed by atoms with Gasteiger partial charge in [0.25, 0.3) is 0 Å². The van der Waals surface area contributed by atoms with Crippen molar-refractivity contribution in [2.75, 3.05) is 49.6 Å². The van der Waals surface area contributed by atoms with Gasteiger partial charge in [-0.05, 0) is 37.6 Å². The lowest BCUT2D eigenvalue weighted by Crippen LogP contribution is -2.38. The highest BCUT2D eigenvalue weighted by Crippen LogP contribution is 2.28. The predicted octanol–water partition coefficient (Wildman–Crippen LogP) is 2.81. The van der Waals surface area contributed by atoms with Gasteiger partial charge in [0.15, 0.2) is 5.82 Å². The van der Waals surface area contributed by atoms with E-state index >= 15 is 0 Å². The van der Waals surface area contributed by atoms with Gasteiger partial charge < -0.3 is 20.3 Å². The van der Waals surface area contributed by atoms with Gasteiger partial charge in [-0.3, -0.25) is 4.98 Å². The number of pyridine rings is 1. The van der Waals surface area contributed by atoms with E-state index in [1.165, 1.54) is 12.1 Å². The molecule has 0 bridgehead atoms. The number of hydrogen-bond acceptors (Lipinski definition) is 7. The van der Waals surface area contributed by atoms with Gasteiger partial charge in [0.05, 0.1) is 24.4 Å². The zero-order chi connectivity index (χ0) is 19.5. The Hall–Kier alpha value is -2.42. The van der Waals surface area contributed by atoms with Crippen LogP contribution in [-0.2, 0) is 4.74 Å². The van der Waals surface area contributed by atoms with Gasteiger partial charge in [-0.2, -0.15) is 13.5 Å². The third-order valence-corrected chi connectivity index (χ3v) is 5.63. The number of aromatic nitrogens is 3. The highest BCUT2D eigenvalue weighted by molar-refractivity contribution is 7.59. The largest absolute Gasteiger partial charge is 0.378 e. The summed E-state index contributed by atoms with van der Waals surface area (Å²) in [6, 6.07) is 11.0. The SMILES string of the molecule is S.c1cnc2c(N[C@H]3CCCNC3)nc(-c3ccc(N4CCOCC4)cc3)cc2n1. The summed E-state index contributed by atoms with van der Waals surface area (Å²) in [4.78, 5) is 16.4. The topological polar surface area (TPSA) is 75.2 Å². The van der Waals surface area contributed by atoms with E-state index in [9.17, 15) is 0 Å². The van der Waals surface area contributed by atoms with Gasteiger partial charge in [0.2, 0.25) is 0 Å². The molecule has 2 fully saturated rings. The molecule has 30 heavy (non-hydrogen) atoms. The van der Waals surface area contributed by atoms with Crippen molar-refractivity contribution in [2.24, 2.45) is 0 Å². The van der Waals surface area contributed by atoms with E-state index in [1.54, 1.807) is 12.4 Å². The van der Waals surface area contributed by atoms with Crippen LogP contribution in [0.3, 0.4) is 0 Å². The molecule has 2 aromatic heterocycles. The van der Waals surface area contributed by atoms with Crippen LogP contribution in [0.15, 0.2) is 42.7 Å². The minimum atomic E-state index is 0. The third-order valence-electron chi connectivity index (χ3n) is 5.63. The number of benzene rings is 1. The van der Waals surface area contributed by atoms with Crippen molar-refractivity contribution in [3.63, 3.8) is 0 Å². The molecular formula is C22H28N6OS. The summed E-state index contributed by atoms with van der Waals surface area (Å²) >= 11 is 0. The average molecular weight is 425 g/mol. The van der Waals surface area contributed by atoms with Crippen molar-refractivity contribution in [3.05, 3.63) is 42.7 Å². The Labute approximate surface area is 183 Å². The molecule has 0 aliphatic carbocycles. The molecule has 1 aromatic carbocycles. The van der Waals surface area contributed by atoms with Gasteiger partial charge in [0, 0.05) is 49.3 Å². The van der Waals surface area contributed by atoms with E-state index in [-0.39, 0.29) is 13.5 Å². The lowest BCUT2D eigenvalue weighted by Gasteiger charge is -2.29. The molecule has 7 nitrogen and oxygen atoms in total. The number of piperidine rings is 1. The first-order chi connectivity index (χ1) is 14.4. The molecule has 2 aliphatic heterocycles. The van der Waals surface area contributed by atoms with Crippen molar-refractivity contribution in [1.82, 2.24) is 20.3 Å². The van der Waals surface area contributed by atoms with Crippen LogP contribution in [0.1, 0.15) is 12.8 Å². The predicted molar refractivity (Wildman–Crippen MR) is 126 cm³/mol. The molecule has 0 amide bonds. The van der Waals surface area contributed by atoms with Gasteiger partial charge in [-0.1, -0.05) is 12.1 Å². The maximum absolute atomic E-state index is 5.45. The second-order valence-electron chi connectivity index (χ2n) is 7.61. The third kappa shape index (κ3) is 4.50. The summed E-state index contributed by atoms with van der Waals surface area (Å²) in [6.45, 7) is 5.48. The van der Waals surface area contributed by atoms with Crippen LogP contribution < -0.4 is 15.5 Å². The maximum Gasteiger partial charge on any atom is 0.155 e. The molecule has 158 valence electrons. The van der Waals surface area contributed by atoms with Gasteiger partial charge in [0.1, 0.15) is 5.52 Å².